The van der Waals surface area contributed by atoms with Crippen molar-refractivity contribution in [2.75, 3.05) is 5.32 Å². The molecule has 6 nitrogen and oxygen atoms in total. The van der Waals surface area contributed by atoms with E-state index in [-0.39, 0.29) is 5.04 Å². The standard InChI is InChI=1S/C23H31N5OSi/c1-23(2,3)30(4,5)29-15-18-14-24-21(17-9-7-6-8-10-17)26-22(18)25-20-13-19(27-28-20)16-11-12-16/h6-10,13-14,16H,11-12,15H2,1-5H3,(H2,24,25,26,27,28). The molecule has 30 heavy (non-hydrogen) atoms. The number of anilines is 2. The van der Waals surface area contributed by atoms with E-state index in [2.05, 4.69) is 60.4 Å². The van der Waals surface area contributed by atoms with Crippen LogP contribution in [-0.2, 0) is 11.0 Å². The van der Waals surface area contributed by atoms with Crippen LogP contribution in [-0.4, -0.2) is 28.5 Å². The minimum Gasteiger partial charge on any atom is -0.412 e. The lowest BCUT2D eigenvalue weighted by atomic mass is 10.2. The van der Waals surface area contributed by atoms with Crippen LogP contribution in [0.25, 0.3) is 11.4 Å². The number of aromatic amines is 1. The normalized spacial score (nSPS) is 14.7. The molecule has 1 fully saturated rings. The molecule has 2 N–H and O–H groups in total. The van der Waals surface area contributed by atoms with Crippen LogP contribution in [0.15, 0.2) is 42.6 Å². The Morgan fingerprint density at radius 3 is 2.57 bits per heavy atom. The van der Waals surface area contributed by atoms with Gasteiger partial charge >= 0.3 is 0 Å². The molecule has 2 heterocycles. The van der Waals surface area contributed by atoms with Crippen molar-refractivity contribution in [3.05, 3.63) is 53.9 Å². The summed E-state index contributed by atoms with van der Waals surface area (Å²) in [5.74, 6) is 2.84. The predicted octanol–water partition coefficient (Wildman–Crippen LogP) is 6.01. The fraction of sp³-hybridized carbons (Fsp3) is 0.435. The third-order valence-electron chi connectivity index (χ3n) is 6.15. The van der Waals surface area contributed by atoms with Gasteiger partial charge in [0.15, 0.2) is 20.0 Å². The SMILES string of the molecule is CC(C)(C)[Si](C)(C)OCc1cnc(-c2ccccc2)nc1Nc1cc(C2CC2)[nH]n1. The molecule has 3 aromatic rings. The molecule has 7 heteroatoms. The van der Waals surface area contributed by atoms with Gasteiger partial charge in [0, 0.05) is 35.0 Å². The summed E-state index contributed by atoms with van der Waals surface area (Å²) in [6.07, 6.45) is 4.34. The molecule has 1 aliphatic carbocycles. The predicted molar refractivity (Wildman–Crippen MR) is 123 cm³/mol. The summed E-state index contributed by atoms with van der Waals surface area (Å²) in [6.45, 7) is 11.7. The van der Waals surface area contributed by atoms with E-state index in [0.717, 1.165) is 22.8 Å². The Morgan fingerprint density at radius 2 is 1.90 bits per heavy atom. The molecule has 0 unspecified atom stereocenters. The first-order chi connectivity index (χ1) is 14.2. The van der Waals surface area contributed by atoms with Gasteiger partial charge in [-0.1, -0.05) is 51.1 Å². The Kier molecular flexibility index (Phi) is 5.51. The first-order valence-corrected chi connectivity index (χ1v) is 13.5. The Labute approximate surface area is 179 Å². The molecule has 158 valence electrons. The van der Waals surface area contributed by atoms with E-state index in [9.17, 15) is 0 Å². The van der Waals surface area contributed by atoms with Gasteiger partial charge in [-0.15, -0.1) is 0 Å². The van der Waals surface area contributed by atoms with Crippen LogP contribution in [0.5, 0.6) is 0 Å². The zero-order valence-corrected chi connectivity index (χ0v) is 19.5. The fourth-order valence-corrected chi connectivity index (χ4v) is 3.90. The van der Waals surface area contributed by atoms with Crippen molar-refractivity contribution < 1.29 is 4.43 Å². The van der Waals surface area contributed by atoms with Gasteiger partial charge in [0.25, 0.3) is 0 Å². The molecule has 0 bridgehead atoms. The second-order valence-corrected chi connectivity index (χ2v) is 14.4. The molecule has 0 saturated heterocycles. The summed E-state index contributed by atoms with van der Waals surface area (Å²) in [6, 6.07) is 12.1. The van der Waals surface area contributed by atoms with E-state index >= 15 is 0 Å². The van der Waals surface area contributed by atoms with Gasteiger partial charge in [-0.25, -0.2) is 9.97 Å². The Balaban J connectivity index is 1.62. The lowest BCUT2D eigenvalue weighted by molar-refractivity contribution is 0.276. The number of nitrogens with one attached hydrogen (secondary N) is 2. The van der Waals surface area contributed by atoms with Gasteiger partial charge in [-0.2, -0.15) is 5.10 Å². The quantitative estimate of drug-likeness (QED) is 0.457. The summed E-state index contributed by atoms with van der Waals surface area (Å²) in [5, 5.41) is 11.1. The number of hydrogen-bond donors (Lipinski definition) is 2. The number of hydrogen-bond acceptors (Lipinski definition) is 5. The van der Waals surface area contributed by atoms with Crippen LogP contribution < -0.4 is 5.32 Å². The average molecular weight is 422 g/mol. The molecule has 0 spiro atoms. The number of rotatable bonds is 7. The molecule has 2 aromatic heterocycles. The minimum atomic E-state index is -1.89. The van der Waals surface area contributed by atoms with Crippen LogP contribution >= 0.6 is 0 Å². The van der Waals surface area contributed by atoms with Crippen molar-refractivity contribution in [2.24, 2.45) is 0 Å². The monoisotopic (exact) mass is 421 g/mol. The van der Waals surface area contributed by atoms with E-state index in [4.69, 9.17) is 9.41 Å². The zero-order valence-electron chi connectivity index (χ0n) is 18.5. The molecule has 1 aliphatic rings. The summed E-state index contributed by atoms with van der Waals surface area (Å²) >= 11 is 0. The van der Waals surface area contributed by atoms with Crippen molar-refractivity contribution in [1.82, 2.24) is 20.2 Å². The molecular weight excluding hydrogens is 390 g/mol. The summed E-state index contributed by atoms with van der Waals surface area (Å²) in [5.41, 5.74) is 3.11. The van der Waals surface area contributed by atoms with E-state index < -0.39 is 8.32 Å². The van der Waals surface area contributed by atoms with Crippen LogP contribution in [0.1, 0.15) is 50.8 Å². The molecule has 0 aliphatic heterocycles. The highest BCUT2D eigenvalue weighted by atomic mass is 28.4. The van der Waals surface area contributed by atoms with Gasteiger partial charge in [0.1, 0.15) is 5.82 Å². The summed E-state index contributed by atoms with van der Waals surface area (Å²) < 4.78 is 6.45. The van der Waals surface area contributed by atoms with Crippen molar-refractivity contribution in [1.29, 1.82) is 0 Å². The van der Waals surface area contributed by atoms with Crippen molar-refractivity contribution in [2.45, 2.75) is 64.3 Å². The van der Waals surface area contributed by atoms with Crippen molar-refractivity contribution in [3.63, 3.8) is 0 Å². The van der Waals surface area contributed by atoms with E-state index in [1.54, 1.807) is 0 Å². The molecule has 0 radical (unpaired) electrons. The number of aromatic nitrogens is 4. The van der Waals surface area contributed by atoms with E-state index in [1.165, 1.54) is 18.5 Å². The molecule has 1 saturated carbocycles. The molecule has 1 aromatic carbocycles. The first-order valence-electron chi connectivity index (χ1n) is 10.6. The molecular formula is C23H31N5OSi. The topological polar surface area (TPSA) is 75.7 Å². The van der Waals surface area contributed by atoms with Gasteiger partial charge < -0.3 is 9.74 Å². The average Bonchev–Trinajstić information content (AvgIpc) is 3.46. The van der Waals surface area contributed by atoms with Gasteiger partial charge in [-0.3, -0.25) is 5.10 Å². The maximum Gasteiger partial charge on any atom is 0.192 e. The third kappa shape index (κ3) is 4.62. The highest BCUT2D eigenvalue weighted by Crippen LogP contribution is 2.40. The number of benzene rings is 1. The third-order valence-corrected chi connectivity index (χ3v) is 10.6. The highest BCUT2D eigenvalue weighted by molar-refractivity contribution is 6.74. The smallest absolute Gasteiger partial charge is 0.192 e. The summed E-state index contributed by atoms with van der Waals surface area (Å²) in [7, 11) is -1.89. The number of nitrogens with zero attached hydrogens (tertiary/aromatic N) is 3. The van der Waals surface area contributed by atoms with E-state index in [1.807, 2.05) is 36.5 Å². The van der Waals surface area contributed by atoms with Gasteiger partial charge in [0.2, 0.25) is 0 Å². The molecule has 4 rings (SSSR count). The van der Waals surface area contributed by atoms with Crippen LogP contribution in [0.2, 0.25) is 18.1 Å². The Bertz CT molecular complexity index is 1010. The van der Waals surface area contributed by atoms with Crippen LogP contribution in [0.3, 0.4) is 0 Å². The maximum absolute atomic E-state index is 6.45. The van der Waals surface area contributed by atoms with Crippen molar-refractivity contribution in [3.8, 4) is 11.4 Å². The summed E-state index contributed by atoms with van der Waals surface area (Å²) in [4.78, 5) is 9.44. The minimum absolute atomic E-state index is 0.146. The second-order valence-electron chi connectivity index (χ2n) is 9.59. The Hall–Kier alpha value is -2.51. The lowest BCUT2D eigenvalue weighted by Crippen LogP contribution is -2.40. The fourth-order valence-electron chi connectivity index (χ4n) is 2.95. The highest BCUT2D eigenvalue weighted by Gasteiger charge is 2.37. The largest absolute Gasteiger partial charge is 0.412 e. The van der Waals surface area contributed by atoms with E-state index in [0.29, 0.717) is 18.3 Å². The first kappa shape index (κ1) is 20.7. The number of H-pyrrole nitrogens is 1. The maximum atomic E-state index is 6.45. The van der Waals surface area contributed by atoms with Crippen LogP contribution in [0, 0.1) is 0 Å². The molecule has 0 amide bonds. The van der Waals surface area contributed by atoms with Crippen molar-refractivity contribution >= 4 is 20.0 Å². The Morgan fingerprint density at radius 1 is 1.17 bits per heavy atom. The second kappa shape index (κ2) is 7.96. The van der Waals surface area contributed by atoms with Gasteiger partial charge in [-0.05, 0) is 31.0 Å². The van der Waals surface area contributed by atoms with Gasteiger partial charge in [0.05, 0.1) is 6.61 Å². The lowest BCUT2D eigenvalue weighted by Gasteiger charge is -2.36. The zero-order chi connectivity index (χ0) is 21.4. The molecule has 0 atom stereocenters. The van der Waals surface area contributed by atoms with Crippen LogP contribution in [0.4, 0.5) is 11.6 Å².